The monoisotopic (exact) mass is 212 g/mol. The summed E-state index contributed by atoms with van der Waals surface area (Å²) < 4.78 is 5.44. The molecular formula is C10H13ClN2O. The van der Waals surface area contributed by atoms with E-state index in [2.05, 4.69) is 9.97 Å². The van der Waals surface area contributed by atoms with Gasteiger partial charge in [0.15, 0.2) is 0 Å². The number of hydrogen-bond donors (Lipinski definition) is 0. The number of nitrogens with zero attached hydrogens (tertiary/aromatic N) is 2. The summed E-state index contributed by atoms with van der Waals surface area (Å²) in [5.41, 5.74) is 0.779. The predicted molar refractivity (Wildman–Crippen MR) is 54.4 cm³/mol. The number of rotatable bonds is 5. The molecule has 3 nitrogen and oxygen atoms in total. The summed E-state index contributed by atoms with van der Waals surface area (Å²) in [6.45, 7) is 0.750. The largest absolute Gasteiger partial charge is 0.477 e. The smallest absolute Gasteiger partial charge is 0.232 e. The Balaban J connectivity index is 1.77. The Labute approximate surface area is 88.5 Å². The molecule has 0 aliphatic heterocycles. The van der Waals surface area contributed by atoms with Crippen LogP contribution in [-0.2, 0) is 5.88 Å². The van der Waals surface area contributed by atoms with Gasteiger partial charge in [-0.1, -0.05) is 12.8 Å². The SMILES string of the molecule is ClCc1cnc(OCCC2CC2)cn1. The second-order valence-electron chi connectivity index (χ2n) is 3.56. The van der Waals surface area contributed by atoms with Crippen LogP contribution in [0.15, 0.2) is 12.4 Å². The molecule has 1 heterocycles. The van der Waals surface area contributed by atoms with Crippen LogP contribution in [0.5, 0.6) is 5.88 Å². The zero-order valence-corrected chi connectivity index (χ0v) is 8.70. The highest BCUT2D eigenvalue weighted by atomic mass is 35.5. The van der Waals surface area contributed by atoms with Crippen LogP contribution in [0.4, 0.5) is 0 Å². The fourth-order valence-electron chi connectivity index (χ4n) is 1.22. The van der Waals surface area contributed by atoms with E-state index in [9.17, 15) is 0 Å². The summed E-state index contributed by atoms with van der Waals surface area (Å²) in [6, 6.07) is 0. The van der Waals surface area contributed by atoms with Crippen molar-refractivity contribution in [3.63, 3.8) is 0 Å². The highest BCUT2D eigenvalue weighted by Gasteiger charge is 2.20. The average molecular weight is 213 g/mol. The van der Waals surface area contributed by atoms with E-state index in [0.29, 0.717) is 11.8 Å². The Morgan fingerprint density at radius 3 is 2.79 bits per heavy atom. The van der Waals surface area contributed by atoms with E-state index >= 15 is 0 Å². The number of ether oxygens (including phenoxy) is 1. The zero-order chi connectivity index (χ0) is 9.80. The van der Waals surface area contributed by atoms with E-state index < -0.39 is 0 Å². The van der Waals surface area contributed by atoms with E-state index in [1.165, 1.54) is 12.8 Å². The van der Waals surface area contributed by atoms with Crippen LogP contribution in [0.1, 0.15) is 25.0 Å². The molecule has 1 aromatic rings. The van der Waals surface area contributed by atoms with Crippen molar-refractivity contribution in [2.24, 2.45) is 5.92 Å². The molecule has 1 aliphatic rings. The maximum absolute atomic E-state index is 5.59. The van der Waals surface area contributed by atoms with E-state index in [-0.39, 0.29) is 0 Å². The minimum absolute atomic E-state index is 0.398. The first kappa shape index (κ1) is 9.71. The Kier molecular flexibility index (Phi) is 3.19. The van der Waals surface area contributed by atoms with Gasteiger partial charge in [0.2, 0.25) is 5.88 Å². The first-order chi connectivity index (χ1) is 6.88. The summed E-state index contributed by atoms with van der Waals surface area (Å²) in [5.74, 6) is 1.89. The summed E-state index contributed by atoms with van der Waals surface area (Å²) in [5, 5.41) is 0. The van der Waals surface area contributed by atoms with Crippen LogP contribution in [0.3, 0.4) is 0 Å². The Morgan fingerprint density at radius 1 is 1.36 bits per heavy atom. The van der Waals surface area contributed by atoms with Crippen molar-refractivity contribution in [2.75, 3.05) is 6.61 Å². The molecule has 0 amide bonds. The normalized spacial score (nSPS) is 15.5. The molecule has 0 spiro atoms. The van der Waals surface area contributed by atoms with Crippen LogP contribution in [0.25, 0.3) is 0 Å². The van der Waals surface area contributed by atoms with Crippen molar-refractivity contribution in [3.05, 3.63) is 18.1 Å². The topological polar surface area (TPSA) is 35.0 Å². The van der Waals surface area contributed by atoms with Gasteiger partial charge in [-0.15, -0.1) is 11.6 Å². The molecule has 14 heavy (non-hydrogen) atoms. The lowest BCUT2D eigenvalue weighted by molar-refractivity contribution is 0.290. The zero-order valence-electron chi connectivity index (χ0n) is 7.95. The minimum Gasteiger partial charge on any atom is -0.477 e. The van der Waals surface area contributed by atoms with Gasteiger partial charge in [0.1, 0.15) is 0 Å². The number of halogens is 1. The van der Waals surface area contributed by atoms with Crippen molar-refractivity contribution < 1.29 is 4.74 Å². The van der Waals surface area contributed by atoms with Crippen LogP contribution in [-0.4, -0.2) is 16.6 Å². The van der Waals surface area contributed by atoms with Gasteiger partial charge in [0.25, 0.3) is 0 Å². The van der Waals surface area contributed by atoms with Gasteiger partial charge in [-0.3, -0.25) is 4.98 Å². The van der Waals surface area contributed by atoms with Crippen molar-refractivity contribution in [1.29, 1.82) is 0 Å². The molecule has 1 aliphatic carbocycles. The highest BCUT2D eigenvalue weighted by Crippen LogP contribution is 2.32. The molecule has 0 bridgehead atoms. The molecule has 0 atom stereocenters. The summed E-state index contributed by atoms with van der Waals surface area (Å²) in [4.78, 5) is 8.19. The van der Waals surface area contributed by atoms with Gasteiger partial charge in [0, 0.05) is 0 Å². The third-order valence-electron chi connectivity index (χ3n) is 2.29. The average Bonchev–Trinajstić information content (AvgIpc) is 3.03. The van der Waals surface area contributed by atoms with Gasteiger partial charge in [-0.2, -0.15) is 0 Å². The second-order valence-corrected chi connectivity index (χ2v) is 3.83. The molecule has 1 fully saturated rings. The maximum atomic E-state index is 5.59. The minimum atomic E-state index is 0.398. The third kappa shape index (κ3) is 2.84. The summed E-state index contributed by atoms with van der Waals surface area (Å²) in [7, 11) is 0. The Hall–Kier alpha value is -0.830. The molecule has 76 valence electrons. The lowest BCUT2D eigenvalue weighted by Crippen LogP contribution is -2.00. The predicted octanol–water partition coefficient (Wildman–Crippen LogP) is 2.39. The van der Waals surface area contributed by atoms with Crippen molar-refractivity contribution in [2.45, 2.75) is 25.1 Å². The van der Waals surface area contributed by atoms with Gasteiger partial charge >= 0.3 is 0 Å². The summed E-state index contributed by atoms with van der Waals surface area (Å²) >= 11 is 5.59. The fourth-order valence-corrected chi connectivity index (χ4v) is 1.36. The van der Waals surface area contributed by atoms with Gasteiger partial charge in [0.05, 0.1) is 30.6 Å². The van der Waals surface area contributed by atoms with Crippen molar-refractivity contribution in [1.82, 2.24) is 9.97 Å². The summed E-state index contributed by atoms with van der Waals surface area (Å²) in [6.07, 6.45) is 7.14. The van der Waals surface area contributed by atoms with Crippen molar-refractivity contribution >= 4 is 11.6 Å². The molecule has 4 heteroatoms. The molecule has 0 unspecified atom stereocenters. The quantitative estimate of drug-likeness (QED) is 0.703. The van der Waals surface area contributed by atoms with E-state index in [0.717, 1.165) is 24.6 Å². The van der Waals surface area contributed by atoms with Crippen LogP contribution >= 0.6 is 11.6 Å². The Bertz CT molecular complexity index is 285. The first-order valence-electron chi connectivity index (χ1n) is 4.88. The first-order valence-corrected chi connectivity index (χ1v) is 5.41. The van der Waals surface area contributed by atoms with E-state index in [1.54, 1.807) is 12.4 Å². The number of alkyl halides is 1. The number of hydrogen-bond acceptors (Lipinski definition) is 3. The molecule has 0 saturated heterocycles. The molecule has 0 N–H and O–H groups in total. The van der Waals surface area contributed by atoms with Gasteiger partial charge in [-0.25, -0.2) is 4.98 Å². The highest BCUT2D eigenvalue weighted by molar-refractivity contribution is 6.16. The van der Waals surface area contributed by atoms with Crippen LogP contribution < -0.4 is 4.74 Å². The maximum Gasteiger partial charge on any atom is 0.232 e. The lowest BCUT2D eigenvalue weighted by atomic mass is 10.3. The van der Waals surface area contributed by atoms with Gasteiger partial charge < -0.3 is 4.74 Å². The molecule has 1 saturated carbocycles. The van der Waals surface area contributed by atoms with Gasteiger partial charge in [-0.05, 0) is 12.3 Å². The molecule has 1 aromatic heterocycles. The van der Waals surface area contributed by atoms with Crippen LogP contribution in [0.2, 0.25) is 0 Å². The Morgan fingerprint density at radius 2 is 2.21 bits per heavy atom. The molecular weight excluding hydrogens is 200 g/mol. The molecule has 2 rings (SSSR count). The van der Waals surface area contributed by atoms with E-state index in [1.807, 2.05) is 0 Å². The van der Waals surface area contributed by atoms with E-state index in [4.69, 9.17) is 16.3 Å². The second kappa shape index (κ2) is 4.60. The molecule has 0 radical (unpaired) electrons. The number of aromatic nitrogens is 2. The molecule has 0 aromatic carbocycles. The van der Waals surface area contributed by atoms with Crippen LogP contribution in [0, 0.1) is 5.92 Å². The lowest BCUT2D eigenvalue weighted by Gasteiger charge is -2.03. The fraction of sp³-hybridized carbons (Fsp3) is 0.600. The van der Waals surface area contributed by atoms with Crippen molar-refractivity contribution in [3.8, 4) is 5.88 Å². The third-order valence-corrected chi connectivity index (χ3v) is 2.57. The standard InChI is InChI=1S/C10H13ClN2O/c11-5-9-6-13-10(7-12-9)14-4-3-8-1-2-8/h6-8H,1-5H2.